The summed E-state index contributed by atoms with van der Waals surface area (Å²) in [5.41, 5.74) is 6.79. The van der Waals surface area contributed by atoms with Crippen molar-refractivity contribution in [3.8, 4) is 0 Å². The van der Waals surface area contributed by atoms with E-state index in [4.69, 9.17) is 22.2 Å². The zero-order valence-electron chi connectivity index (χ0n) is 16.7. The molecule has 6 nitrogen and oxygen atoms in total. The maximum Gasteiger partial charge on any atom is 0.357 e. The van der Waals surface area contributed by atoms with E-state index in [9.17, 15) is 9.59 Å². The van der Waals surface area contributed by atoms with Gasteiger partial charge >= 0.3 is 5.97 Å². The summed E-state index contributed by atoms with van der Waals surface area (Å²) in [6, 6.07) is 6.46. The number of benzene rings is 1. The molecule has 1 amide bonds. The summed E-state index contributed by atoms with van der Waals surface area (Å²) in [6.07, 6.45) is 6.20. The van der Waals surface area contributed by atoms with E-state index in [1.54, 1.807) is 23.1 Å². The molecule has 1 heterocycles. The van der Waals surface area contributed by atoms with Crippen molar-refractivity contribution in [2.45, 2.75) is 57.5 Å². The molecule has 1 aromatic carbocycles. The van der Waals surface area contributed by atoms with Crippen LogP contribution < -0.4 is 5.73 Å². The lowest BCUT2D eigenvalue weighted by atomic mass is 9.85. The van der Waals surface area contributed by atoms with Crippen LogP contribution in [0.4, 0.5) is 0 Å². The van der Waals surface area contributed by atoms with Crippen LogP contribution >= 0.6 is 11.6 Å². The number of piperidine rings is 1. The fraction of sp³-hybridized carbons (Fsp3) is 0.500. The average molecular weight is 418 g/mol. The van der Waals surface area contributed by atoms with E-state index in [0.29, 0.717) is 23.7 Å². The number of carbonyl (C=O) groups excluding carboxylic acids is 2. The van der Waals surface area contributed by atoms with Gasteiger partial charge < -0.3 is 15.5 Å². The third-order valence-electron chi connectivity index (χ3n) is 5.67. The van der Waals surface area contributed by atoms with Gasteiger partial charge in [-0.1, -0.05) is 41.9 Å². The van der Waals surface area contributed by atoms with Crippen molar-refractivity contribution in [3.63, 3.8) is 0 Å². The Morgan fingerprint density at radius 2 is 2.03 bits per heavy atom. The molecule has 3 atom stereocenters. The molecule has 7 heteroatoms. The lowest BCUT2D eigenvalue weighted by Crippen LogP contribution is -2.52. The molecular formula is C22H28ClN3O3. The molecule has 3 rings (SSSR count). The van der Waals surface area contributed by atoms with Gasteiger partial charge in [-0.15, -0.1) is 6.58 Å². The number of hydrogen-bond acceptors (Lipinski definition) is 4. The molecular weight excluding hydrogens is 390 g/mol. The molecule has 2 unspecified atom stereocenters. The van der Waals surface area contributed by atoms with E-state index in [-0.39, 0.29) is 23.8 Å². The van der Waals surface area contributed by atoms with E-state index in [2.05, 4.69) is 11.7 Å². The van der Waals surface area contributed by atoms with Crippen molar-refractivity contribution >= 4 is 29.3 Å². The van der Waals surface area contributed by atoms with Gasteiger partial charge in [-0.3, -0.25) is 4.79 Å². The Morgan fingerprint density at radius 1 is 1.34 bits per heavy atom. The lowest BCUT2D eigenvalue weighted by molar-refractivity contribution is -0.161. The zero-order valence-corrected chi connectivity index (χ0v) is 17.5. The molecule has 0 radical (unpaired) electrons. The van der Waals surface area contributed by atoms with Crippen LogP contribution in [0.2, 0.25) is 5.02 Å². The standard InChI is InChI=1S/C22H28ClN3O3/c1-3-5-16-10-13-19(14-8-11-17(23)12-9-14)26(21(16)27)18(4-2)22(28)29-25-20(24)15-6-7-15/h3,8-9,11-12,15-16,18-19H,1,4-7,10,13H2,2H3,(H2,24,25)/t16-,18?,19?/m0/s1. The fourth-order valence-corrected chi connectivity index (χ4v) is 4.00. The second-order valence-electron chi connectivity index (χ2n) is 7.74. The monoisotopic (exact) mass is 417 g/mol. The maximum absolute atomic E-state index is 13.3. The first-order valence-electron chi connectivity index (χ1n) is 10.2. The zero-order chi connectivity index (χ0) is 21.0. The summed E-state index contributed by atoms with van der Waals surface area (Å²) in [4.78, 5) is 33.0. The number of likely N-dealkylation sites (tertiary alicyclic amines) is 1. The Bertz CT molecular complexity index is 789. The smallest absolute Gasteiger partial charge is 0.357 e. The highest BCUT2D eigenvalue weighted by Crippen LogP contribution is 2.38. The van der Waals surface area contributed by atoms with E-state index < -0.39 is 12.0 Å². The van der Waals surface area contributed by atoms with E-state index in [0.717, 1.165) is 31.2 Å². The summed E-state index contributed by atoms with van der Waals surface area (Å²) >= 11 is 6.03. The summed E-state index contributed by atoms with van der Waals surface area (Å²) in [6.45, 7) is 5.63. The molecule has 0 aromatic heterocycles. The molecule has 1 aliphatic heterocycles. The Labute approximate surface area is 176 Å². The summed E-state index contributed by atoms with van der Waals surface area (Å²) in [5, 5.41) is 4.44. The van der Waals surface area contributed by atoms with Gasteiger partial charge in [0.05, 0.1) is 6.04 Å². The lowest BCUT2D eigenvalue weighted by Gasteiger charge is -2.42. The number of rotatable bonds is 8. The van der Waals surface area contributed by atoms with Gasteiger partial charge in [0.1, 0.15) is 11.9 Å². The fourth-order valence-electron chi connectivity index (χ4n) is 3.88. The largest absolute Gasteiger partial charge is 0.384 e. The number of amidine groups is 1. The third kappa shape index (κ3) is 4.99. The van der Waals surface area contributed by atoms with Crippen LogP contribution in [-0.4, -0.2) is 28.7 Å². The number of oxime groups is 1. The highest BCUT2D eigenvalue weighted by atomic mass is 35.5. The van der Waals surface area contributed by atoms with Crippen molar-refractivity contribution in [3.05, 3.63) is 47.5 Å². The van der Waals surface area contributed by atoms with Crippen LogP contribution in [0.5, 0.6) is 0 Å². The Morgan fingerprint density at radius 3 is 2.62 bits per heavy atom. The maximum atomic E-state index is 13.3. The van der Waals surface area contributed by atoms with Crippen LogP contribution in [0.1, 0.15) is 57.1 Å². The number of halogens is 1. The molecule has 2 N–H and O–H groups in total. The summed E-state index contributed by atoms with van der Waals surface area (Å²) in [7, 11) is 0. The van der Waals surface area contributed by atoms with E-state index in [1.165, 1.54) is 0 Å². The predicted octanol–water partition coefficient (Wildman–Crippen LogP) is 4.20. The number of nitrogens with zero attached hydrogens (tertiary/aromatic N) is 2. The third-order valence-corrected chi connectivity index (χ3v) is 5.92. The molecule has 0 bridgehead atoms. The second-order valence-corrected chi connectivity index (χ2v) is 8.17. The van der Waals surface area contributed by atoms with Gasteiger partial charge in [0.15, 0.2) is 0 Å². The second kappa shape index (κ2) is 9.44. The Kier molecular flexibility index (Phi) is 6.96. The van der Waals surface area contributed by atoms with Crippen LogP contribution in [0.15, 0.2) is 42.1 Å². The van der Waals surface area contributed by atoms with Crippen molar-refractivity contribution in [1.29, 1.82) is 0 Å². The van der Waals surface area contributed by atoms with Crippen LogP contribution in [-0.2, 0) is 14.4 Å². The summed E-state index contributed by atoms with van der Waals surface area (Å²) < 4.78 is 0. The van der Waals surface area contributed by atoms with E-state index >= 15 is 0 Å². The number of carbonyl (C=O) groups is 2. The van der Waals surface area contributed by atoms with Crippen molar-refractivity contribution in [1.82, 2.24) is 4.90 Å². The first-order chi connectivity index (χ1) is 14.0. The van der Waals surface area contributed by atoms with Crippen LogP contribution in [0.25, 0.3) is 0 Å². The van der Waals surface area contributed by atoms with Gasteiger partial charge in [0.25, 0.3) is 0 Å². The quantitative estimate of drug-likeness (QED) is 0.226. The van der Waals surface area contributed by atoms with Gasteiger partial charge in [-0.25, -0.2) is 4.79 Å². The first-order valence-corrected chi connectivity index (χ1v) is 10.6. The highest BCUT2D eigenvalue weighted by molar-refractivity contribution is 6.30. The first kappa shape index (κ1) is 21.4. The molecule has 0 spiro atoms. The summed E-state index contributed by atoms with van der Waals surface area (Å²) in [5.74, 6) is -0.241. The van der Waals surface area contributed by atoms with Gasteiger partial charge in [-0.05, 0) is 56.2 Å². The van der Waals surface area contributed by atoms with Crippen molar-refractivity contribution in [2.75, 3.05) is 0 Å². The average Bonchev–Trinajstić information content (AvgIpc) is 3.56. The highest BCUT2D eigenvalue weighted by Gasteiger charge is 2.42. The molecule has 29 heavy (non-hydrogen) atoms. The Balaban J connectivity index is 1.86. The minimum atomic E-state index is -0.730. The SMILES string of the molecule is C=CC[C@H]1CCC(c2ccc(Cl)cc2)N(C(CC)C(=O)O/N=C(/N)C2CC2)C1=O. The molecule has 1 aliphatic carbocycles. The topological polar surface area (TPSA) is 85.0 Å². The van der Waals surface area contributed by atoms with Crippen molar-refractivity contribution in [2.24, 2.45) is 22.7 Å². The van der Waals surface area contributed by atoms with E-state index in [1.807, 2.05) is 19.1 Å². The number of nitrogens with two attached hydrogens (primary N) is 1. The molecule has 2 aliphatic rings. The molecule has 1 saturated carbocycles. The molecule has 1 aromatic rings. The Hall–Kier alpha value is -2.34. The number of amides is 1. The van der Waals surface area contributed by atoms with Gasteiger partial charge in [0.2, 0.25) is 5.91 Å². The molecule has 1 saturated heterocycles. The molecule has 156 valence electrons. The van der Waals surface area contributed by atoms with Crippen molar-refractivity contribution < 1.29 is 14.4 Å². The normalized spacial score (nSPS) is 23.6. The van der Waals surface area contributed by atoms with Crippen LogP contribution in [0.3, 0.4) is 0 Å². The minimum Gasteiger partial charge on any atom is -0.384 e. The minimum absolute atomic E-state index is 0.0564. The van der Waals surface area contributed by atoms with Gasteiger partial charge in [-0.2, -0.15) is 0 Å². The predicted molar refractivity (Wildman–Crippen MR) is 113 cm³/mol. The number of hydrogen-bond donors (Lipinski definition) is 1. The van der Waals surface area contributed by atoms with Gasteiger partial charge in [0, 0.05) is 16.9 Å². The van der Waals surface area contributed by atoms with Crippen LogP contribution in [0, 0.1) is 11.8 Å². The number of allylic oxidation sites excluding steroid dienone is 1. The molecule has 2 fully saturated rings.